The average molecular weight is 613 g/mol. The summed E-state index contributed by atoms with van der Waals surface area (Å²) in [5.74, 6) is -4.66. The van der Waals surface area contributed by atoms with Gasteiger partial charge in [0.15, 0.2) is 18.0 Å². The average Bonchev–Trinajstić information content (AvgIpc) is 3.15. The molecule has 0 saturated heterocycles. The molecule has 0 heterocycles. The van der Waals surface area contributed by atoms with Gasteiger partial charge in [-0.3, -0.25) is 19.2 Å². The van der Waals surface area contributed by atoms with Crippen molar-refractivity contribution in [2.24, 2.45) is 16.7 Å². The molecule has 2 saturated carbocycles. The van der Waals surface area contributed by atoms with Gasteiger partial charge in [-0.15, -0.1) is 0 Å². The standard InChI is InChI=1S/C33H40O11/c1-16-22(37)14-24(41-18(3)34)32(8)26(16)28(42-19(4)35)33(31(6,7)40)15-23(38)17(2)25(33)27(29(32)43-20(5)36)44-30(39)21-12-10-9-11-13-21/h9-13,22,24,26-29,37,40H,1,14-15H2,2-8H3/t22-,24-,26?,27+,28-,29-,32+,33-/m0/s1. The monoisotopic (exact) mass is 612 g/mol. The maximum Gasteiger partial charge on any atom is 0.338 e. The van der Waals surface area contributed by atoms with Crippen LogP contribution in [-0.4, -0.2) is 76.0 Å². The van der Waals surface area contributed by atoms with Crippen molar-refractivity contribution in [3.63, 3.8) is 0 Å². The van der Waals surface area contributed by atoms with Gasteiger partial charge in [0, 0.05) is 39.5 Å². The van der Waals surface area contributed by atoms with E-state index in [0.717, 1.165) is 13.8 Å². The van der Waals surface area contributed by atoms with Crippen LogP contribution in [0.5, 0.6) is 0 Å². The van der Waals surface area contributed by atoms with Crippen LogP contribution in [0.25, 0.3) is 0 Å². The summed E-state index contributed by atoms with van der Waals surface area (Å²) in [6.45, 7) is 13.7. The summed E-state index contributed by atoms with van der Waals surface area (Å²) in [5, 5.41) is 23.3. The molecule has 1 unspecified atom stereocenters. The number of aliphatic hydroxyl groups excluding tert-OH is 1. The number of carbonyl (C=O) groups is 5. The van der Waals surface area contributed by atoms with Gasteiger partial charge in [-0.05, 0) is 49.6 Å². The van der Waals surface area contributed by atoms with Gasteiger partial charge in [0.2, 0.25) is 0 Å². The first kappa shape index (κ1) is 33.1. The summed E-state index contributed by atoms with van der Waals surface area (Å²) >= 11 is 0. The SMILES string of the molecule is C=C1C2[C@H](OC(C)=O)[C@]3(C(C)(C)O)CC(=O)C(C)=C3[C@@H](OC(=O)c3ccccc3)[C@H](OC(C)=O)[C@]2(C)[C@@H](OC(C)=O)C[C@@H]1O. The molecule has 8 atom stereocenters. The number of rotatable bonds is 6. The van der Waals surface area contributed by atoms with Crippen LogP contribution in [0.3, 0.4) is 0 Å². The first-order valence-corrected chi connectivity index (χ1v) is 14.5. The minimum absolute atomic E-state index is 0.108. The summed E-state index contributed by atoms with van der Waals surface area (Å²) in [6.07, 6.45) is -7.40. The maximum absolute atomic E-state index is 13.7. The highest BCUT2D eigenvalue weighted by Crippen LogP contribution is 2.65. The number of carbonyl (C=O) groups excluding carboxylic acids is 5. The lowest BCUT2D eigenvalue weighted by Gasteiger charge is -2.55. The summed E-state index contributed by atoms with van der Waals surface area (Å²) in [5.41, 5.74) is -4.63. The Morgan fingerprint density at radius 3 is 2.00 bits per heavy atom. The number of hydrogen-bond acceptors (Lipinski definition) is 11. The molecule has 2 N–H and O–H groups in total. The second-order valence-electron chi connectivity index (χ2n) is 12.7. The number of allylic oxidation sites excluding steroid dienone is 1. The molecule has 0 spiro atoms. The lowest BCUT2D eigenvalue weighted by atomic mass is 9.54. The maximum atomic E-state index is 13.7. The number of ketones is 1. The third-order valence-electron chi connectivity index (χ3n) is 9.56. The predicted octanol–water partition coefficient (Wildman–Crippen LogP) is 3.01. The van der Waals surface area contributed by atoms with Gasteiger partial charge in [-0.1, -0.05) is 31.7 Å². The van der Waals surface area contributed by atoms with E-state index in [9.17, 15) is 34.2 Å². The molecular weight excluding hydrogens is 572 g/mol. The molecule has 11 heteroatoms. The van der Waals surface area contributed by atoms with Gasteiger partial charge in [-0.25, -0.2) is 4.79 Å². The first-order valence-electron chi connectivity index (χ1n) is 14.5. The number of esters is 4. The summed E-state index contributed by atoms with van der Waals surface area (Å²) in [6, 6.07) is 8.03. The van der Waals surface area contributed by atoms with Crippen LogP contribution in [0.1, 0.15) is 71.7 Å². The molecule has 2 fully saturated rings. The molecule has 1 aromatic carbocycles. The third-order valence-corrected chi connectivity index (χ3v) is 9.56. The van der Waals surface area contributed by atoms with Crippen molar-refractivity contribution in [3.8, 4) is 0 Å². The molecule has 0 aliphatic heterocycles. The van der Waals surface area contributed by atoms with E-state index in [1.54, 1.807) is 25.1 Å². The normalized spacial score (nSPS) is 33.5. The highest BCUT2D eigenvalue weighted by Gasteiger charge is 2.74. The Morgan fingerprint density at radius 1 is 0.932 bits per heavy atom. The quantitative estimate of drug-likeness (QED) is 0.276. The summed E-state index contributed by atoms with van der Waals surface area (Å²) in [7, 11) is 0. The fraction of sp³-hybridized carbons (Fsp3) is 0.545. The Hall–Kier alpha value is -3.83. The molecule has 44 heavy (non-hydrogen) atoms. The zero-order chi connectivity index (χ0) is 32.9. The lowest BCUT2D eigenvalue weighted by molar-refractivity contribution is -0.212. The molecular formula is C33H40O11. The van der Waals surface area contributed by atoms with E-state index in [1.807, 2.05) is 0 Å². The van der Waals surface area contributed by atoms with Crippen LogP contribution in [-0.2, 0) is 38.1 Å². The second kappa shape index (κ2) is 11.6. The molecule has 3 aliphatic carbocycles. The molecule has 0 amide bonds. The fourth-order valence-electron chi connectivity index (χ4n) is 7.61. The molecule has 0 radical (unpaired) electrons. The predicted molar refractivity (Wildman–Crippen MR) is 155 cm³/mol. The smallest absolute Gasteiger partial charge is 0.338 e. The van der Waals surface area contributed by atoms with E-state index >= 15 is 0 Å². The zero-order valence-electron chi connectivity index (χ0n) is 26.0. The van der Waals surface area contributed by atoms with E-state index in [1.165, 1.54) is 39.8 Å². The van der Waals surface area contributed by atoms with Crippen molar-refractivity contribution in [3.05, 3.63) is 59.2 Å². The van der Waals surface area contributed by atoms with E-state index < -0.39 is 82.5 Å². The Balaban J connectivity index is 2.17. The molecule has 0 bridgehead atoms. The van der Waals surface area contributed by atoms with Crippen molar-refractivity contribution >= 4 is 29.7 Å². The fourth-order valence-corrected chi connectivity index (χ4v) is 7.61. The number of hydrogen-bond donors (Lipinski definition) is 2. The second-order valence-corrected chi connectivity index (χ2v) is 12.7. The molecule has 1 aromatic rings. The minimum Gasteiger partial charge on any atom is -0.462 e. The Bertz CT molecular complexity index is 1420. The minimum atomic E-state index is -1.83. The molecule has 0 aromatic heterocycles. The molecule has 238 valence electrons. The van der Waals surface area contributed by atoms with Gasteiger partial charge < -0.3 is 29.2 Å². The van der Waals surface area contributed by atoms with Crippen molar-refractivity contribution in [1.82, 2.24) is 0 Å². The number of aliphatic hydroxyl groups is 2. The van der Waals surface area contributed by atoms with Gasteiger partial charge in [0.1, 0.15) is 12.2 Å². The number of ether oxygens (including phenoxy) is 4. The number of benzene rings is 1. The van der Waals surface area contributed by atoms with Gasteiger partial charge >= 0.3 is 23.9 Å². The molecule has 3 aliphatic rings. The van der Waals surface area contributed by atoms with Gasteiger partial charge in [-0.2, -0.15) is 0 Å². The summed E-state index contributed by atoms with van der Waals surface area (Å²) < 4.78 is 24.0. The van der Waals surface area contributed by atoms with E-state index in [2.05, 4.69) is 6.58 Å². The van der Waals surface area contributed by atoms with Crippen LogP contribution < -0.4 is 0 Å². The van der Waals surface area contributed by atoms with Crippen LogP contribution >= 0.6 is 0 Å². The van der Waals surface area contributed by atoms with Crippen LogP contribution in [0.15, 0.2) is 53.6 Å². The number of Topliss-reactive ketones (excluding diaryl/α,β-unsaturated/α-hetero) is 1. The van der Waals surface area contributed by atoms with E-state index in [-0.39, 0.29) is 35.1 Å². The zero-order valence-corrected chi connectivity index (χ0v) is 26.0. The van der Waals surface area contributed by atoms with Crippen molar-refractivity contribution in [2.45, 2.75) is 97.4 Å². The van der Waals surface area contributed by atoms with Crippen LogP contribution in [0.2, 0.25) is 0 Å². The van der Waals surface area contributed by atoms with Crippen LogP contribution in [0, 0.1) is 16.7 Å². The first-order chi connectivity index (χ1) is 20.4. The third kappa shape index (κ3) is 5.26. The Kier molecular flexibility index (Phi) is 8.71. The number of fused-ring (bicyclic) bond motifs is 2. The Morgan fingerprint density at radius 2 is 1.48 bits per heavy atom. The van der Waals surface area contributed by atoms with E-state index in [0.29, 0.717) is 0 Å². The van der Waals surface area contributed by atoms with Crippen molar-refractivity contribution in [2.75, 3.05) is 0 Å². The van der Waals surface area contributed by atoms with Crippen molar-refractivity contribution < 1.29 is 53.1 Å². The Labute approximate surface area is 256 Å². The lowest BCUT2D eigenvalue weighted by Crippen LogP contribution is -2.63. The summed E-state index contributed by atoms with van der Waals surface area (Å²) in [4.78, 5) is 65.5. The largest absolute Gasteiger partial charge is 0.462 e. The van der Waals surface area contributed by atoms with Gasteiger partial charge in [0.05, 0.1) is 28.1 Å². The van der Waals surface area contributed by atoms with Crippen LogP contribution in [0.4, 0.5) is 0 Å². The van der Waals surface area contributed by atoms with Crippen molar-refractivity contribution in [1.29, 1.82) is 0 Å². The highest BCUT2D eigenvalue weighted by atomic mass is 16.6. The highest BCUT2D eigenvalue weighted by molar-refractivity contribution is 6.00. The topological polar surface area (TPSA) is 163 Å². The van der Waals surface area contributed by atoms with E-state index in [4.69, 9.17) is 18.9 Å². The van der Waals surface area contributed by atoms with Gasteiger partial charge in [0.25, 0.3) is 0 Å². The molecule has 11 nitrogen and oxygen atoms in total. The molecule has 4 rings (SSSR count).